The quantitative estimate of drug-likeness (QED) is 0.430. The molecule has 1 amide bonds. The van der Waals surface area contributed by atoms with E-state index in [-0.39, 0.29) is 0 Å². The number of benzene rings is 3. The van der Waals surface area contributed by atoms with Crippen molar-refractivity contribution in [2.45, 2.75) is 6.92 Å². The molecule has 4 rings (SSSR count). The highest BCUT2D eigenvalue weighted by molar-refractivity contribution is 6.01. The molecule has 4 N–H and O–H groups in total. The molecule has 0 aliphatic carbocycles. The number of aliphatic hydroxyl groups excluding tert-OH is 2. The molecule has 0 saturated heterocycles. The molecule has 0 saturated carbocycles. The molecule has 0 aliphatic rings. The number of anilines is 1. The van der Waals surface area contributed by atoms with Crippen LogP contribution in [0.4, 0.5) is 5.69 Å². The molecule has 28 heavy (non-hydrogen) atoms. The topological polar surface area (TPSA) is 98.2 Å². The zero-order valence-electron chi connectivity index (χ0n) is 15.4. The summed E-state index contributed by atoms with van der Waals surface area (Å²) in [5, 5.41) is 32.3. The second-order valence-electron chi connectivity index (χ2n) is 7.23. The molecule has 6 heteroatoms. The Balaban J connectivity index is 1.72. The Morgan fingerprint density at radius 2 is 1.79 bits per heavy atom. The van der Waals surface area contributed by atoms with Gasteiger partial charge in [-0.05, 0) is 42.0 Å². The van der Waals surface area contributed by atoms with Crippen molar-refractivity contribution in [3.05, 3.63) is 60.7 Å². The van der Waals surface area contributed by atoms with Crippen LogP contribution in [0.5, 0.6) is 0 Å². The van der Waals surface area contributed by atoms with Gasteiger partial charge < -0.3 is 15.5 Å². The molecule has 0 unspecified atom stereocenters. The summed E-state index contributed by atoms with van der Waals surface area (Å²) >= 11 is 0. The van der Waals surface area contributed by atoms with Gasteiger partial charge in [0, 0.05) is 16.6 Å². The number of nitrogens with one attached hydrogen (secondary N) is 2. The predicted octanol–water partition coefficient (Wildman–Crippen LogP) is 3.31. The van der Waals surface area contributed by atoms with E-state index >= 15 is 0 Å². The van der Waals surface area contributed by atoms with E-state index in [4.69, 9.17) is 0 Å². The van der Waals surface area contributed by atoms with Crippen molar-refractivity contribution in [2.24, 2.45) is 5.41 Å². The van der Waals surface area contributed by atoms with E-state index < -0.39 is 24.5 Å². The van der Waals surface area contributed by atoms with E-state index in [9.17, 15) is 15.0 Å². The summed E-state index contributed by atoms with van der Waals surface area (Å²) in [4.78, 5) is 12.4. The van der Waals surface area contributed by atoms with Crippen LogP contribution in [0.3, 0.4) is 0 Å². The summed E-state index contributed by atoms with van der Waals surface area (Å²) in [6, 6.07) is 19.8. The molecule has 0 bridgehead atoms. The maximum atomic E-state index is 12.4. The molecule has 142 valence electrons. The molecule has 0 radical (unpaired) electrons. The zero-order chi connectivity index (χ0) is 19.7. The molecule has 6 nitrogen and oxygen atoms in total. The number of amides is 1. The molecule has 1 heterocycles. The number of carbonyl (C=O) groups is 1. The average Bonchev–Trinajstić information content (AvgIpc) is 3.16. The Morgan fingerprint density at radius 1 is 1.04 bits per heavy atom. The van der Waals surface area contributed by atoms with Crippen molar-refractivity contribution < 1.29 is 15.0 Å². The van der Waals surface area contributed by atoms with Crippen molar-refractivity contribution in [1.29, 1.82) is 0 Å². The third kappa shape index (κ3) is 3.13. The minimum absolute atomic E-state index is 0.437. The highest BCUT2D eigenvalue weighted by atomic mass is 16.3. The zero-order valence-corrected chi connectivity index (χ0v) is 15.4. The average molecular weight is 375 g/mol. The minimum Gasteiger partial charge on any atom is -0.395 e. The molecule has 0 aliphatic heterocycles. The first-order valence-electron chi connectivity index (χ1n) is 9.04. The van der Waals surface area contributed by atoms with Crippen LogP contribution in [0.15, 0.2) is 60.7 Å². The number of hydrogen-bond donors (Lipinski definition) is 4. The van der Waals surface area contributed by atoms with Crippen LogP contribution in [-0.4, -0.2) is 39.5 Å². The number of aliphatic hydroxyl groups is 2. The molecule has 1 aromatic heterocycles. The molecule has 0 atom stereocenters. The smallest absolute Gasteiger partial charge is 0.234 e. The highest BCUT2D eigenvalue weighted by Gasteiger charge is 2.32. The van der Waals surface area contributed by atoms with Crippen LogP contribution >= 0.6 is 0 Å². The van der Waals surface area contributed by atoms with Crippen LogP contribution in [0.25, 0.3) is 32.9 Å². The summed E-state index contributed by atoms with van der Waals surface area (Å²) in [7, 11) is 0. The van der Waals surface area contributed by atoms with Gasteiger partial charge in [-0.15, -0.1) is 0 Å². The SMILES string of the molecule is CC(CO)(CO)C(=O)Nc1ccc2[nH]nc(-c3ccc4ccccc4c3)c2c1. The number of fused-ring (bicyclic) bond motifs is 2. The number of rotatable bonds is 5. The van der Waals surface area contributed by atoms with Gasteiger partial charge in [0.1, 0.15) is 0 Å². The van der Waals surface area contributed by atoms with Crippen molar-refractivity contribution in [3.8, 4) is 11.3 Å². The van der Waals surface area contributed by atoms with Crippen LogP contribution in [0, 0.1) is 5.41 Å². The second-order valence-corrected chi connectivity index (χ2v) is 7.23. The fraction of sp³-hybridized carbons (Fsp3) is 0.182. The van der Waals surface area contributed by atoms with Crippen LogP contribution in [-0.2, 0) is 4.79 Å². The van der Waals surface area contributed by atoms with Crippen molar-refractivity contribution >= 4 is 33.3 Å². The Morgan fingerprint density at radius 3 is 2.54 bits per heavy atom. The van der Waals surface area contributed by atoms with E-state index in [2.05, 4.69) is 39.8 Å². The molecule has 0 spiro atoms. The summed E-state index contributed by atoms with van der Waals surface area (Å²) in [5.41, 5.74) is 1.96. The van der Waals surface area contributed by atoms with Crippen LogP contribution in [0.1, 0.15) is 6.92 Å². The first-order valence-corrected chi connectivity index (χ1v) is 9.04. The number of nitrogens with zero attached hydrogens (tertiary/aromatic N) is 1. The first-order chi connectivity index (χ1) is 13.5. The lowest BCUT2D eigenvalue weighted by atomic mass is 9.92. The van der Waals surface area contributed by atoms with E-state index in [1.165, 1.54) is 6.92 Å². The molecular formula is C22H21N3O3. The fourth-order valence-electron chi connectivity index (χ4n) is 3.12. The van der Waals surface area contributed by atoms with Gasteiger partial charge in [-0.25, -0.2) is 0 Å². The fourth-order valence-corrected chi connectivity index (χ4v) is 3.12. The predicted molar refractivity (Wildman–Crippen MR) is 110 cm³/mol. The molecule has 3 aromatic carbocycles. The lowest BCUT2D eigenvalue weighted by Gasteiger charge is -2.23. The van der Waals surface area contributed by atoms with E-state index in [1.54, 1.807) is 6.07 Å². The number of hydrogen-bond acceptors (Lipinski definition) is 4. The molecular weight excluding hydrogens is 354 g/mol. The van der Waals surface area contributed by atoms with Gasteiger partial charge in [0.15, 0.2) is 0 Å². The standard InChI is InChI=1S/C22H21N3O3/c1-22(12-26,13-27)21(28)23-17-8-9-19-18(11-17)20(25-24-19)16-7-6-14-4-2-3-5-15(14)10-16/h2-11,26-27H,12-13H2,1H3,(H,23,28)(H,24,25). The Hall–Kier alpha value is -3.22. The van der Waals surface area contributed by atoms with Gasteiger partial charge >= 0.3 is 0 Å². The molecule has 0 fully saturated rings. The van der Waals surface area contributed by atoms with E-state index in [0.717, 1.165) is 32.9 Å². The highest BCUT2D eigenvalue weighted by Crippen LogP contribution is 2.31. The Labute approximate surface area is 161 Å². The van der Waals surface area contributed by atoms with Crippen LogP contribution < -0.4 is 5.32 Å². The van der Waals surface area contributed by atoms with Crippen molar-refractivity contribution in [1.82, 2.24) is 10.2 Å². The normalized spacial score (nSPS) is 11.8. The van der Waals surface area contributed by atoms with Gasteiger partial charge in [0.2, 0.25) is 5.91 Å². The lowest BCUT2D eigenvalue weighted by Crippen LogP contribution is -2.39. The second kappa shape index (κ2) is 7.07. The van der Waals surface area contributed by atoms with Gasteiger partial charge in [-0.3, -0.25) is 9.89 Å². The number of aromatic nitrogens is 2. The number of H-pyrrole nitrogens is 1. The number of carbonyl (C=O) groups excluding carboxylic acids is 1. The lowest BCUT2D eigenvalue weighted by molar-refractivity contribution is -0.129. The monoisotopic (exact) mass is 375 g/mol. The van der Waals surface area contributed by atoms with E-state index in [0.29, 0.717) is 5.69 Å². The van der Waals surface area contributed by atoms with E-state index in [1.807, 2.05) is 30.3 Å². The minimum atomic E-state index is -1.24. The largest absolute Gasteiger partial charge is 0.395 e. The van der Waals surface area contributed by atoms with Crippen molar-refractivity contribution in [2.75, 3.05) is 18.5 Å². The maximum absolute atomic E-state index is 12.4. The maximum Gasteiger partial charge on any atom is 0.234 e. The Bertz CT molecular complexity index is 1160. The summed E-state index contributed by atoms with van der Waals surface area (Å²) in [5.74, 6) is -0.437. The van der Waals surface area contributed by atoms with Gasteiger partial charge in [-0.2, -0.15) is 5.10 Å². The summed E-state index contributed by atoms with van der Waals surface area (Å²) in [6.45, 7) is 0.635. The molecule has 4 aromatic rings. The summed E-state index contributed by atoms with van der Waals surface area (Å²) < 4.78 is 0. The van der Waals surface area contributed by atoms with Crippen LogP contribution in [0.2, 0.25) is 0 Å². The van der Waals surface area contributed by atoms with Gasteiger partial charge in [0.25, 0.3) is 0 Å². The Kier molecular flexibility index (Phi) is 4.58. The number of aromatic amines is 1. The van der Waals surface area contributed by atoms with Gasteiger partial charge in [0.05, 0.1) is 29.8 Å². The first kappa shape index (κ1) is 18.2. The van der Waals surface area contributed by atoms with Crippen molar-refractivity contribution in [3.63, 3.8) is 0 Å². The van der Waals surface area contributed by atoms with Gasteiger partial charge in [-0.1, -0.05) is 36.4 Å². The summed E-state index contributed by atoms with van der Waals surface area (Å²) in [6.07, 6.45) is 0. The third-order valence-corrected chi connectivity index (χ3v) is 5.09. The third-order valence-electron chi connectivity index (χ3n) is 5.09.